The van der Waals surface area contributed by atoms with Crippen LogP contribution in [0.15, 0.2) is 23.3 Å². The molecule has 68 valence electrons. The van der Waals surface area contributed by atoms with E-state index in [9.17, 15) is 0 Å². The zero-order chi connectivity index (χ0) is 8.97. The highest BCUT2D eigenvalue weighted by molar-refractivity contribution is 5.26. The Morgan fingerprint density at radius 3 is 2.67 bits per heavy atom. The standard InChI is InChI=1S/C8H15N3O/c9-8(11-10)7-3-1-6(5-12)2-4-7/h1,3,8,11-12H,2,4-5,9-10H2. The normalized spacial score (nSPS) is 19.9. The molecule has 4 nitrogen and oxygen atoms in total. The summed E-state index contributed by atoms with van der Waals surface area (Å²) < 4.78 is 0. The van der Waals surface area contributed by atoms with Gasteiger partial charge in [-0.15, -0.1) is 0 Å². The summed E-state index contributed by atoms with van der Waals surface area (Å²) in [5.41, 5.74) is 10.2. The van der Waals surface area contributed by atoms with Crippen LogP contribution in [0.4, 0.5) is 0 Å². The van der Waals surface area contributed by atoms with Crippen LogP contribution in [0.25, 0.3) is 0 Å². The van der Waals surface area contributed by atoms with Crippen LogP contribution in [-0.4, -0.2) is 17.9 Å². The molecule has 0 fully saturated rings. The molecule has 1 aliphatic carbocycles. The van der Waals surface area contributed by atoms with E-state index in [-0.39, 0.29) is 12.8 Å². The molecule has 0 heterocycles. The number of hydrazine groups is 1. The van der Waals surface area contributed by atoms with Crippen LogP contribution in [0.5, 0.6) is 0 Å². The van der Waals surface area contributed by atoms with E-state index >= 15 is 0 Å². The van der Waals surface area contributed by atoms with Crippen molar-refractivity contribution in [1.82, 2.24) is 5.43 Å². The number of hydrogen-bond acceptors (Lipinski definition) is 4. The molecule has 0 radical (unpaired) electrons. The molecule has 0 aromatic heterocycles. The SMILES string of the molecule is NNC(N)C1=CC=C(CO)CC1. The molecule has 0 bridgehead atoms. The van der Waals surface area contributed by atoms with Gasteiger partial charge in [-0.1, -0.05) is 12.2 Å². The number of aliphatic hydroxyl groups excluding tert-OH is 1. The van der Waals surface area contributed by atoms with Crippen LogP contribution in [0, 0.1) is 0 Å². The van der Waals surface area contributed by atoms with Crippen molar-refractivity contribution in [1.29, 1.82) is 0 Å². The van der Waals surface area contributed by atoms with Crippen molar-refractivity contribution in [3.8, 4) is 0 Å². The van der Waals surface area contributed by atoms with Crippen LogP contribution in [0.3, 0.4) is 0 Å². The smallest absolute Gasteiger partial charge is 0.0898 e. The van der Waals surface area contributed by atoms with Gasteiger partial charge in [0.1, 0.15) is 0 Å². The molecule has 0 aliphatic heterocycles. The molecule has 0 amide bonds. The Labute approximate surface area is 71.9 Å². The summed E-state index contributed by atoms with van der Waals surface area (Å²) in [6, 6.07) is 0. The fourth-order valence-corrected chi connectivity index (χ4v) is 1.19. The minimum Gasteiger partial charge on any atom is -0.392 e. The topological polar surface area (TPSA) is 84.3 Å². The minimum absolute atomic E-state index is 0.134. The lowest BCUT2D eigenvalue weighted by molar-refractivity contribution is 0.325. The number of aliphatic hydroxyl groups is 1. The molecular weight excluding hydrogens is 154 g/mol. The van der Waals surface area contributed by atoms with Gasteiger partial charge in [-0.25, -0.2) is 5.43 Å². The van der Waals surface area contributed by atoms with Crippen LogP contribution < -0.4 is 17.0 Å². The van der Waals surface area contributed by atoms with Gasteiger partial charge in [0.2, 0.25) is 0 Å². The van der Waals surface area contributed by atoms with Crippen molar-refractivity contribution in [2.24, 2.45) is 11.6 Å². The maximum atomic E-state index is 8.80. The van der Waals surface area contributed by atoms with Crippen molar-refractivity contribution >= 4 is 0 Å². The van der Waals surface area contributed by atoms with Crippen molar-refractivity contribution < 1.29 is 5.11 Å². The molecule has 12 heavy (non-hydrogen) atoms. The van der Waals surface area contributed by atoms with E-state index in [0.29, 0.717) is 0 Å². The number of nitrogens with two attached hydrogens (primary N) is 2. The van der Waals surface area contributed by atoms with E-state index in [2.05, 4.69) is 5.43 Å². The van der Waals surface area contributed by atoms with Crippen molar-refractivity contribution in [2.75, 3.05) is 6.61 Å². The Hall–Kier alpha value is -0.680. The van der Waals surface area contributed by atoms with Crippen LogP contribution in [0.2, 0.25) is 0 Å². The van der Waals surface area contributed by atoms with Crippen molar-refractivity contribution in [2.45, 2.75) is 19.0 Å². The van der Waals surface area contributed by atoms with Gasteiger partial charge < -0.3 is 10.8 Å². The molecular formula is C8H15N3O. The molecule has 4 heteroatoms. The lowest BCUT2D eigenvalue weighted by Crippen LogP contribution is -2.43. The van der Waals surface area contributed by atoms with E-state index in [1.165, 1.54) is 0 Å². The van der Waals surface area contributed by atoms with Gasteiger partial charge in [-0.05, 0) is 24.0 Å². The molecule has 6 N–H and O–H groups in total. The number of allylic oxidation sites excluding steroid dienone is 2. The van der Waals surface area contributed by atoms with E-state index in [1.54, 1.807) is 0 Å². The monoisotopic (exact) mass is 169 g/mol. The van der Waals surface area contributed by atoms with Gasteiger partial charge >= 0.3 is 0 Å². The molecule has 0 saturated heterocycles. The number of rotatable bonds is 3. The molecule has 0 aromatic carbocycles. The third-order valence-electron chi connectivity index (χ3n) is 2.05. The molecule has 1 atom stereocenters. The largest absolute Gasteiger partial charge is 0.392 e. The first kappa shape index (κ1) is 9.41. The molecule has 1 rings (SSSR count). The van der Waals surface area contributed by atoms with Crippen molar-refractivity contribution in [3.05, 3.63) is 23.3 Å². The Kier molecular flexibility index (Phi) is 3.43. The molecule has 1 aliphatic rings. The second kappa shape index (κ2) is 4.37. The molecule has 0 spiro atoms. The summed E-state index contributed by atoms with van der Waals surface area (Å²) in [6.45, 7) is 0.134. The summed E-state index contributed by atoms with van der Waals surface area (Å²) in [6.07, 6.45) is 5.30. The zero-order valence-corrected chi connectivity index (χ0v) is 6.96. The highest BCUT2D eigenvalue weighted by Crippen LogP contribution is 2.18. The highest BCUT2D eigenvalue weighted by Gasteiger charge is 2.10. The number of nitrogens with one attached hydrogen (secondary N) is 1. The van der Waals surface area contributed by atoms with Gasteiger partial charge in [0.15, 0.2) is 0 Å². The third-order valence-corrected chi connectivity index (χ3v) is 2.05. The van der Waals surface area contributed by atoms with Gasteiger partial charge in [-0.3, -0.25) is 5.84 Å². The Morgan fingerprint density at radius 2 is 2.25 bits per heavy atom. The predicted octanol–water partition coefficient (Wildman–Crippen LogP) is -0.627. The second-order valence-electron chi connectivity index (χ2n) is 2.87. The number of hydrogen-bond donors (Lipinski definition) is 4. The molecule has 0 aromatic rings. The maximum Gasteiger partial charge on any atom is 0.0898 e. The van der Waals surface area contributed by atoms with Crippen LogP contribution >= 0.6 is 0 Å². The summed E-state index contributed by atoms with van der Waals surface area (Å²) >= 11 is 0. The first-order chi connectivity index (χ1) is 5.77. The average molecular weight is 169 g/mol. The second-order valence-corrected chi connectivity index (χ2v) is 2.87. The molecule has 1 unspecified atom stereocenters. The van der Waals surface area contributed by atoms with E-state index < -0.39 is 0 Å². The average Bonchev–Trinajstić information content (AvgIpc) is 2.17. The van der Waals surface area contributed by atoms with E-state index in [0.717, 1.165) is 24.0 Å². The van der Waals surface area contributed by atoms with Crippen LogP contribution in [-0.2, 0) is 0 Å². The lowest BCUT2D eigenvalue weighted by Gasteiger charge is -2.18. The van der Waals surface area contributed by atoms with E-state index in [1.807, 2.05) is 12.2 Å². The molecule has 0 saturated carbocycles. The van der Waals surface area contributed by atoms with Crippen LogP contribution in [0.1, 0.15) is 12.8 Å². The summed E-state index contributed by atoms with van der Waals surface area (Å²) in [5.74, 6) is 5.18. The highest BCUT2D eigenvalue weighted by atomic mass is 16.3. The van der Waals surface area contributed by atoms with E-state index in [4.69, 9.17) is 16.7 Å². The summed E-state index contributed by atoms with van der Waals surface area (Å²) in [5, 5.41) is 8.80. The first-order valence-corrected chi connectivity index (χ1v) is 3.99. The minimum atomic E-state index is -0.263. The van der Waals surface area contributed by atoms with Gasteiger partial charge in [0, 0.05) is 0 Å². The third kappa shape index (κ3) is 2.15. The van der Waals surface area contributed by atoms with Gasteiger partial charge in [-0.2, -0.15) is 0 Å². The Balaban J connectivity index is 2.59. The Morgan fingerprint density at radius 1 is 1.50 bits per heavy atom. The quantitative estimate of drug-likeness (QED) is 0.257. The fraction of sp³-hybridized carbons (Fsp3) is 0.500. The Bertz CT molecular complexity index is 210. The summed E-state index contributed by atoms with van der Waals surface area (Å²) in [7, 11) is 0. The predicted molar refractivity (Wildman–Crippen MR) is 47.8 cm³/mol. The fourth-order valence-electron chi connectivity index (χ4n) is 1.19. The maximum absolute atomic E-state index is 8.80. The zero-order valence-electron chi connectivity index (χ0n) is 6.96. The van der Waals surface area contributed by atoms with Gasteiger partial charge in [0.25, 0.3) is 0 Å². The van der Waals surface area contributed by atoms with Crippen molar-refractivity contribution in [3.63, 3.8) is 0 Å². The van der Waals surface area contributed by atoms with Gasteiger partial charge in [0.05, 0.1) is 12.8 Å². The summed E-state index contributed by atoms with van der Waals surface area (Å²) in [4.78, 5) is 0. The first-order valence-electron chi connectivity index (χ1n) is 3.99. The lowest BCUT2D eigenvalue weighted by atomic mass is 9.97.